The van der Waals surface area contributed by atoms with Crippen LogP contribution < -0.4 is 10.2 Å². The number of benzene rings is 2. The van der Waals surface area contributed by atoms with E-state index in [-0.39, 0.29) is 11.7 Å². The van der Waals surface area contributed by atoms with E-state index in [9.17, 15) is 4.79 Å². The fourth-order valence-corrected chi connectivity index (χ4v) is 5.34. The van der Waals surface area contributed by atoms with E-state index in [1.54, 1.807) is 0 Å². The van der Waals surface area contributed by atoms with Gasteiger partial charge in [-0.25, -0.2) is 4.98 Å². The summed E-state index contributed by atoms with van der Waals surface area (Å²) in [6, 6.07) is 14.3. The molecule has 1 N–H and O–H groups in total. The third-order valence-corrected chi connectivity index (χ3v) is 7.19. The molecule has 0 bridgehead atoms. The van der Waals surface area contributed by atoms with E-state index in [4.69, 9.17) is 4.74 Å². The molecule has 1 fully saturated rings. The van der Waals surface area contributed by atoms with Gasteiger partial charge in [-0.2, -0.15) is 0 Å². The normalized spacial score (nSPS) is 14.1. The third kappa shape index (κ3) is 4.87. The van der Waals surface area contributed by atoms with E-state index in [2.05, 4.69) is 62.7 Å². The van der Waals surface area contributed by atoms with E-state index in [1.807, 2.05) is 23.6 Å². The Morgan fingerprint density at radius 3 is 2.64 bits per heavy atom. The molecule has 0 saturated carbocycles. The van der Waals surface area contributed by atoms with Crippen LogP contribution in [0.3, 0.4) is 0 Å². The first-order valence-electron chi connectivity index (χ1n) is 10.7. The highest BCUT2D eigenvalue weighted by Crippen LogP contribution is 2.29. The van der Waals surface area contributed by atoms with E-state index in [0.717, 1.165) is 34.9 Å². The molecule has 4 aromatic rings. The second kappa shape index (κ2) is 9.50. The summed E-state index contributed by atoms with van der Waals surface area (Å²) in [7, 11) is 0. The summed E-state index contributed by atoms with van der Waals surface area (Å²) in [5.74, 6) is 0.857. The van der Waals surface area contributed by atoms with Crippen molar-refractivity contribution >= 4 is 50.3 Å². The lowest BCUT2D eigenvalue weighted by molar-refractivity contribution is -0.113. The number of amides is 1. The van der Waals surface area contributed by atoms with Crippen molar-refractivity contribution in [1.29, 1.82) is 0 Å². The van der Waals surface area contributed by atoms with Crippen molar-refractivity contribution in [3.63, 3.8) is 0 Å². The summed E-state index contributed by atoms with van der Waals surface area (Å²) in [5, 5.41) is 13.1. The molecule has 0 aliphatic carbocycles. The molecule has 1 aliphatic rings. The molecule has 2 aromatic heterocycles. The maximum Gasteiger partial charge on any atom is 0.236 e. The molecule has 2 aromatic carbocycles. The summed E-state index contributed by atoms with van der Waals surface area (Å²) in [6.07, 6.45) is 0. The Kier molecular flexibility index (Phi) is 6.30. The van der Waals surface area contributed by atoms with Crippen LogP contribution >= 0.6 is 23.1 Å². The highest BCUT2D eigenvalue weighted by molar-refractivity contribution is 7.99. The van der Waals surface area contributed by atoms with Crippen LogP contribution in [0.5, 0.6) is 0 Å². The first-order valence-corrected chi connectivity index (χ1v) is 12.5. The fraction of sp³-hybridized carbons (Fsp3) is 0.304. The molecule has 1 aliphatic heterocycles. The predicted octanol–water partition coefficient (Wildman–Crippen LogP) is 4.06. The molecule has 170 valence electrons. The van der Waals surface area contributed by atoms with Crippen molar-refractivity contribution in [3.05, 3.63) is 53.6 Å². The van der Waals surface area contributed by atoms with Crippen molar-refractivity contribution in [1.82, 2.24) is 19.7 Å². The molecule has 1 amide bonds. The lowest BCUT2D eigenvalue weighted by Gasteiger charge is -2.27. The Hall–Kier alpha value is -2.95. The van der Waals surface area contributed by atoms with E-state index in [0.29, 0.717) is 23.5 Å². The number of rotatable bonds is 6. The lowest BCUT2D eigenvalue weighted by Crippen LogP contribution is -2.37. The Bertz CT molecular complexity index is 1280. The highest BCUT2D eigenvalue weighted by Gasteiger charge is 2.22. The number of fused-ring (bicyclic) bond motifs is 1. The monoisotopic (exact) mass is 480 g/mol. The Labute approximate surface area is 200 Å². The van der Waals surface area contributed by atoms with Gasteiger partial charge in [-0.05, 0) is 43.7 Å². The molecule has 0 unspecified atom stereocenters. The highest BCUT2D eigenvalue weighted by atomic mass is 32.2. The van der Waals surface area contributed by atoms with Crippen LogP contribution in [0.1, 0.15) is 11.1 Å². The molecule has 0 spiro atoms. The van der Waals surface area contributed by atoms with Crippen molar-refractivity contribution < 1.29 is 9.53 Å². The van der Waals surface area contributed by atoms with E-state index >= 15 is 0 Å². The van der Waals surface area contributed by atoms with Gasteiger partial charge in [0, 0.05) is 13.1 Å². The van der Waals surface area contributed by atoms with Gasteiger partial charge in [0.25, 0.3) is 0 Å². The second-order valence-electron chi connectivity index (χ2n) is 7.88. The smallest absolute Gasteiger partial charge is 0.236 e. The van der Waals surface area contributed by atoms with Crippen molar-refractivity contribution in [2.24, 2.45) is 0 Å². The van der Waals surface area contributed by atoms with Gasteiger partial charge in [-0.15, -0.1) is 10.2 Å². The van der Waals surface area contributed by atoms with Crippen LogP contribution in [0.25, 0.3) is 15.9 Å². The summed E-state index contributed by atoms with van der Waals surface area (Å²) >= 11 is 2.85. The van der Waals surface area contributed by atoms with Gasteiger partial charge in [0.1, 0.15) is 0 Å². The third-order valence-electron chi connectivity index (χ3n) is 5.33. The zero-order valence-corrected chi connectivity index (χ0v) is 20.1. The van der Waals surface area contributed by atoms with Gasteiger partial charge >= 0.3 is 0 Å². The number of carbonyl (C=O) groups is 1. The number of hydrogen-bond donors (Lipinski definition) is 1. The summed E-state index contributed by atoms with van der Waals surface area (Å²) < 4.78 is 8.57. The van der Waals surface area contributed by atoms with Crippen LogP contribution in [0.2, 0.25) is 0 Å². The zero-order valence-electron chi connectivity index (χ0n) is 18.4. The van der Waals surface area contributed by atoms with Crippen LogP contribution in [-0.4, -0.2) is 57.7 Å². The first kappa shape index (κ1) is 21.9. The molecule has 0 atom stereocenters. The number of thioether (sulfide) groups is 1. The van der Waals surface area contributed by atoms with Gasteiger partial charge < -0.3 is 15.0 Å². The van der Waals surface area contributed by atoms with Gasteiger partial charge in [-0.1, -0.05) is 46.9 Å². The minimum Gasteiger partial charge on any atom is -0.378 e. The zero-order chi connectivity index (χ0) is 22.8. The van der Waals surface area contributed by atoms with E-state index in [1.165, 1.54) is 34.2 Å². The van der Waals surface area contributed by atoms with Crippen molar-refractivity contribution in [2.75, 3.05) is 42.3 Å². The Morgan fingerprint density at radius 2 is 1.85 bits per heavy atom. The number of nitrogens with zero attached hydrogens (tertiary/aromatic N) is 5. The molecule has 3 heterocycles. The standard InChI is InChI=1S/C23H24N6O2S2/c1-15-3-6-17(7-4-15)29-22(28-9-11-31-12-10-28)26-27-23(29)32-14-20(30)25-21-24-18-8-5-16(2)13-19(18)33-21/h3-8,13H,9-12,14H2,1-2H3,(H,24,25,30). The number of thiazole rings is 1. The van der Waals surface area contributed by atoms with Gasteiger partial charge in [-0.3, -0.25) is 9.36 Å². The molecule has 0 radical (unpaired) electrons. The maximum absolute atomic E-state index is 12.7. The van der Waals surface area contributed by atoms with Crippen LogP contribution in [0, 0.1) is 13.8 Å². The number of aryl methyl sites for hydroxylation is 2. The van der Waals surface area contributed by atoms with Gasteiger partial charge in [0.15, 0.2) is 10.3 Å². The summed E-state index contributed by atoms with van der Waals surface area (Å²) in [4.78, 5) is 19.4. The fourth-order valence-electron chi connectivity index (χ4n) is 3.61. The molecule has 8 nitrogen and oxygen atoms in total. The summed E-state index contributed by atoms with van der Waals surface area (Å²) in [5.41, 5.74) is 4.21. The van der Waals surface area contributed by atoms with Crippen molar-refractivity contribution in [3.8, 4) is 5.69 Å². The minimum absolute atomic E-state index is 0.123. The van der Waals surface area contributed by atoms with Gasteiger partial charge in [0.2, 0.25) is 11.9 Å². The Balaban J connectivity index is 1.34. The number of hydrogen-bond acceptors (Lipinski definition) is 8. The molecule has 5 rings (SSSR count). The van der Waals surface area contributed by atoms with Crippen LogP contribution in [0.15, 0.2) is 47.6 Å². The maximum atomic E-state index is 12.7. The van der Waals surface area contributed by atoms with Crippen molar-refractivity contribution in [2.45, 2.75) is 19.0 Å². The second-order valence-corrected chi connectivity index (χ2v) is 9.85. The largest absolute Gasteiger partial charge is 0.378 e. The molecule has 10 heteroatoms. The quantitative estimate of drug-likeness (QED) is 0.417. The first-order chi connectivity index (χ1) is 16.1. The topological polar surface area (TPSA) is 85.2 Å². The predicted molar refractivity (Wildman–Crippen MR) is 133 cm³/mol. The average Bonchev–Trinajstić information content (AvgIpc) is 3.42. The number of morpholine rings is 1. The molecule has 1 saturated heterocycles. The Morgan fingerprint density at radius 1 is 1.09 bits per heavy atom. The average molecular weight is 481 g/mol. The van der Waals surface area contributed by atoms with Gasteiger partial charge in [0.05, 0.1) is 34.9 Å². The number of nitrogens with one attached hydrogen (secondary N) is 1. The lowest BCUT2D eigenvalue weighted by atomic mass is 10.2. The number of aromatic nitrogens is 4. The number of ether oxygens (including phenoxy) is 1. The molecular formula is C23H24N6O2S2. The number of carbonyl (C=O) groups excluding carboxylic acids is 1. The SMILES string of the molecule is Cc1ccc(-n2c(SCC(=O)Nc3nc4ccc(C)cc4s3)nnc2N2CCOCC2)cc1. The minimum atomic E-state index is -0.123. The van der Waals surface area contributed by atoms with Crippen LogP contribution in [-0.2, 0) is 9.53 Å². The van der Waals surface area contributed by atoms with Crippen LogP contribution in [0.4, 0.5) is 11.1 Å². The van der Waals surface area contributed by atoms with E-state index < -0.39 is 0 Å². The number of anilines is 2. The summed E-state index contributed by atoms with van der Waals surface area (Å²) in [6.45, 7) is 6.94. The molecule has 33 heavy (non-hydrogen) atoms. The molecular weight excluding hydrogens is 456 g/mol.